The van der Waals surface area contributed by atoms with E-state index in [0.29, 0.717) is 17.3 Å². The largest absolute Gasteiger partial charge is 0.345 e. The van der Waals surface area contributed by atoms with Crippen LogP contribution in [0.4, 0.5) is 0 Å². The number of terminal acetylenes is 1. The number of nitrogens with one attached hydrogen (secondary N) is 1. The zero-order valence-electron chi connectivity index (χ0n) is 11.0. The van der Waals surface area contributed by atoms with Crippen LogP contribution in [0.15, 0.2) is 16.3 Å². The predicted molar refractivity (Wildman–Crippen MR) is 77.9 cm³/mol. The third kappa shape index (κ3) is 3.39. The molecular weight excluding hydrogens is 296 g/mol. The zero-order valence-corrected chi connectivity index (χ0v) is 12.6. The minimum absolute atomic E-state index is 0.155. The number of amides is 1. The Morgan fingerprint density at radius 3 is 2.75 bits per heavy atom. The summed E-state index contributed by atoms with van der Waals surface area (Å²) in [6, 6.07) is 3.26. The minimum atomic E-state index is -3.38. The Balaban J connectivity index is 2.05. The van der Waals surface area contributed by atoms with Crippen LogP contribution in [0.25, 0.3) is 0 Å². The summed E-state index contributed by atoms with van der Waals surface area (Å²) in [7, 11) is -3.38. The number of carbonyl (C=O) groups excluding carboxylic acids is 1. The van der Waals surface area contributed by atoms with Crippen LogP contribution in [0.3, 0.4) is 0 Å². The molecule has 0 radical (unpaired) electrons. The molecule has 2 heterocycles. The van der Waals surface area contributed by atoms with E-state index in [2.05, 4.69) is 11.2 Å². The van der Waals surface area contributed by atoms with E-state index in [4.69, 9.17) is 6.42 Å². The van der Waals surface area contributed by atoms with Crippen molar-refractivity contribution < 1.29 is 13.2 Å². The van der Waals surface area contributed by atoms with Crippen LogP contribution in [-0.2, 0) is 21.2 Å². The van der Waals surface area contributed by atoms with Crippen molar-refractivity contribution >= 4 is 27.3 Å². The van der Waals surface area contributed by atoms with Gasteiger partial charge in [-0.15, -0.1) is 17.8 Å². The lowest BCUT2D eigenvalue weighted by atomic mass is 10.3. The minimum Gasteiger partial charge on any atom is -0.345 e. The fourth-order valence-electron chi connectivity index (χ4n) is 2.02. The van der Waals surface area contributed by atoms with Gasteiger partial charge >= 0.3 is 0 Å². The molecule has 0 bridgehead atoms. The van der Waals surface area contributed by atoms with Crippen molar-refractivity contribution in [1.82, 2.24) is 9.62 Å². The molecule has 1 aromatic heterocycles. The first-order valence-electron chi connectivity index (χ1n) is 6.33. The number of thiophene rings is 1. The molecule has 0 atom stereocenters. The SMILES string of the molecule is C#CCNC(=O)Cc1ccc(S(=O)(=O)N2CCCC2)s1. The van der Waals surface area contributed by atoms with Gasteiger partial charge in [0.2, 0.25) is 5.91 Å². The van der Waals surface area contributed by atoms with Gasteiger partial charge in [-0.25, -0.2) is 8.42 Å². The normalized spacial score (nSPS) is 15.9. The maximum Gasteiger partial charge on any atom is 0.252 e. The summed E-state index contributed by atoms with van der Waals surface area (Å²) in [5.41, 5.74) is 0. The highest BCUT2D eigenvalue weighted by molar-refractivity contribution is 7.91. The third-order valence-electron chi connectivity index (χ3n) is 3.02. The Morgan fingerprint density at radius 1 is 1.40 bits per heavy atom. The molecule has 1 saturated heterocycles. The molecule has 5 nitrogen and oxygen atoms in total. The molecule has 1 fully saturated rings. The van der Waals surface area contributed by atoms with Gasteiger partial charge < -0.3 is 5.32 Å². The molecular formula is C13H16N2O3S2. The van der Waals surface area contributed by atoms with Gasteiger partial charge in [-0.2, -0.15) is 4.31 Å². The Bertz CT molecular complexity index is 622. The molecule has 0 aliphatic carbocycles. The second-order valence-corrected chi connectivity index (χ2v) is 7.82. The number of rotatable bonds is 5. The smallest absolute Gasteiger partial charge is 0.252 e. The molecule has 0 unspecified atom stereocenters. The number of hydrogen-bond donors (Lipinski definition) is 1. The molecule has 0 saturated carbocycles. The molecule has 7 heteroatoms. The van der Waals surface area contributed by atoms with Gasteiger partial charge in [0.05, 0.1) is 13.0 Å². The third-order valence-corrected chi connectivity index (χ3v) is 6.47. The lowest BCUT2D eigenvalue weighted by molar-refractivity contribution is -0.120. The summed E-state index contributed by atoms with van der Waals surface area (Å²) in [5, 5.41) is 2.56. The number of hydrogen-bond acceptors (Lipinski definition) is 4. The van der Waals surface area contributed by atoms with E-state index in [-0.39, 0.29) is 18.9 Å². The molecule has 0 spiro atoms. The van der Waals surface area contributed by atoms with Crippen molar-refractivity contribution in [2.75, 3.05) is 19.6 Å². The Kier molecular flexibility index (Phi) is 4.81. The average molecular weight is 312 g/mol. The number of sulfonamides is 1. The van der Waals surface area contributed by atoms with Crippen LogP contribution in [0.5, 0.6) is 0 Å². The summed E-state index contributed by atoms with van der Waals surface area (Å²) >= 11 is 1.15. The van der Waals surface area contributed by atoms with Gasteiger partial charge in [-0.05, 0) is 25.0 Å². The van der Waals surface area contributed by atoms with Crippen LogP contribution in [-0.4, -0.2) is 38.3 Å². The summed E-state index contributed by atoms with van der Waals surface area (Å²) in [5.74, 6) is 2.12. The molecule has 108 valence electrons. The first kappa shape index (κ1) is 15.0. The van der Waals surface area contributed by atoms with Crippen LogP contribution in [0.1, 0.15) is 17.7 Å². The quantitative estimate of drug-likeness (QED) is 0.819. The summed E-state index contributed by atoms with van der Waals surface area (Å²) in [6.45, 7) is 1.35. The van der Waals surface area contributed by atoms with E-state index in [1.54, 1.807) is 12.1 Å². The van der Waals surface area contributed by atoms with E-state index in [0.717, 1.165) is 29.1 Å². The molecule has 1 aliphatic heterocycles. The van der Waals surface area contributed by atoms with E-state index in [9.17, 15) is 13.2 Å². The fourth-order valence-corrected chi connectivity index (χ4v) is 5.04. The van der Waals surface area contributed by atoms with E-state index >= 15 is 0 Å². The lowest BCUT2D eigenvalue weighted by Gasteiger charge is -2.13. The Morgan fingerprint density at radius 2 is 2.10 bits per heavy atom. The fraction of sp³-hybridized carbons (Fsp3) is 0.462. The predicted octanol–water partition coefficient (Wildman–Crippen LogP) is 0.824. The molecule has 1 N–H and O–H groups in total. The Hall–Kier alpha value is -1.36. The van der Waals surface area contributed by atoms with Crippen molar-refractivity contribution in [3.63, 3.8) is 0 Å². The van der Waals surface area contributed by atoms with Gasteiger partial charge in [0.25, 0.3) is 10.0 Å². The van der Waals surface area contributed by atoms with Gasteiger partial charge in [0.15, 0.2) is 0 Å². The van der Waals surface area contributed by atoms with Crippen molar-refractivity contribution in [3.05, 3.63) is 17.0 Å². The van der Waals surface area contributed by atoms with E-state index < -0.39 is 10.0 Å². The van der Waals surface area contributed by atoms with Crippen molar-refractivity contribution in [1.29, 1.82) is 0 Å². The first-order valence-corrected chi connectivity index (χ1v) is 8.58. The van der Waals surface area contributed by atoms with Crippen molar-refractivity contribution in [2.45, 2.75) is 23.5 Å². The molecule has 1 amide bonds. The van der Waals surface area contributed by atoms with Crippen molar-refractivity contribution in [2.24, 2.45) is 0 Å². The second kappa shape index (κ2) is 6.39. The van der Waals surface area contributed by atoms with Crippen LogP contribution >= 0.6 is 11.3 Å². The highest BCUT2D eigenvalue weighted by atomic mass is 32.2. The lowest BCUT2D eigenvalue weighted by Crippen LogP contribution is -2.27. The van der Waals surface area contributed by atoms with Crippen molar-refractivity contribution in [3.8, 4) is 12.3 Å². The highest BCUT2D eigenvalue weighted by Crippen LogP contribution is 2.27. The maximum absolute atomic E-state index is 12.3. The van der Waals surface area contributed by atoms with Gasteiger partial charge in [0, 0.05) is 18.0 Å². The van der Waals surface area contributed by atoms with Crippen LogP contribution in [0, 0.1) is 12.3 Å². The van der Waals surface area contributed by atoms with E-state index in [1.807, 2.05) is 0 Å². The maximum atomic E-state index is 12.3. The highest BCUT2D eigenvalue weighted by Gasteiger charge is 2.28. The van der Waals surface area contributed by atoms with Gasteiger partial charge in [0.1, 0.15) is 4.21 Å². The summed E-state index contributed by atoms with van der Waals surface area (Å²) in [6.07, 6.45) is 7.03. The summed E-state index contributed by atoms with van der Waals surface area (Å²) < 4.78 is 26.4. The molecule has 1 aromatic rings. The first-order chi connectivity index (χ1) is 9.54. The monoisotopic (exact) mass is 312 g/mol. The van der Waals surface area contributed by atoms with Gasteiger partial charge in [-0.1, -0.05) is 5.92 Å². The molecule has 2 rings (SSSR count). The van der Waals surface area contributed by atoms with Crippen LogP contribution in [0.2, 0.25) is 0 Å². The van der Waals surface area contributed by atoms with Crippen LogP contribution < -0.4 is 5.32 Å². The topological polar surface area (TPSA) is 66.5 Å². The number of carbonyl (C=O) groups is 1. The zero-order chi connectivity index (χ0) is 14.6. The summed E-state index contributed by atoms with van der Waals surface area (Å²) in [4.78, 5) is 12.2. The molecule has 0 aromatic carbocycles. The second-order valence-electron chi connectivity index (χ2n) is 4.49. The Labute approximate surface area is 123 Å². The average Bonchev–Trinajstić information content (AvgIpc) is 3.07. The molecule has 20 heavy (non-hydrogen) atoms. The number of nitrogens with zero attached hydrogens (tertiary/aromatic N) is 1. The van der Waals surface area contributed by atoms with Gasteiger partial charge in [-0.3, -0.25) is 4.79 Å². The van der Waals surface area contributed by atoms with E-state index in [1.165, 1.54) is 4.31 Å². The standard InChI is InChI=1S/C13H16N2O3S2/c1-2-7-14-12(16)10-11-5-6-13(19-11)20(17,18)15-8-3-4-9-15/h1,5-6H,3-4,7-10H2,(H,14,16). The molecule has 1 aliphatic rings.